The molecule has 2 aliphatic rings. The Morgan fingerprint density at radius 2 is 1.93 bits per heavy atom. The van der Waals surface area contributed by atoms with Crippen LogP contribution in [0.5, 0.6) is 0 Å². The molecule has 1 aromatic rings. The van der Waals surface area contributed by atoms with Gasteiger partial charge in [0, 0.05) is 26.2 Å². The van der Waals surface area contributed by atoms with Gasteiger partial charge in [0.15, 0.2) is 0 Å². The summed E-state index contributed by atoms with van der Waals surface area (Å²) in [4.78, 5) is 16.2. The Hall–Kier alpha value is -1.86. The van der Waals surface area contributed by atoms with Crippen LogP contribution < -0.4 is 0 Å². The summed E-state index contributed by atoms with van der Waals surface area (Å²) >= 11 is 0. The predicted molar refractivity (Wildman–Crippen MR) is 97.3 cm³/mol. The number of hydrogen-bond acceptors (Lipinski definition) is 3. The van der Waals surface area contributed by atoms with Crippen molar-refractivity contribution in [2.45, 2.75) is 25.9 Å². The zero-order valence-electron chi connectivity index (χ0n) is 15.5. The molecule has 0 radical (unpaired) electrons. The Bertz CT molecular complexity index is 710. The second-order valence-corrected chi connectivity index (χ2v) is 6.94. The molecule has 2 aliphatic heterocycles. The first kappa shape index (κ1) is 19.9. The molecule has 3 rings (SSSR count). The van der Waals surface area contributed by atoms with E-state index in [9.17, 15) is 18.0 Å². The Balaban J connectivity index is 1.70. The van der Waals surface area contributed by atoms with Gasteiger partial charge in [-0.3, -0.25) is 9.69 Å². The lowest BCUT2D eigenvalue weighted by Gasteiger charge is -2.31. The molecule has 0 saturated carbocycles. The molecule has 27 heavy (non-hydrogen) atoms. The largest absolute Gasteiger partial charge is 0.417 e. The van der Waals surface area contributed by atoms with Crippen molar-refractivity contribution in [3.63, 3.8) is 0 Å². The minimum atomic E-state index is -4.38. The van der Waals surface area contributed by atoms with Crippen molar-refractivity contribution in [2.75, 3.05) is 45.9 Å². The number of carbonyl (C=O) groups excluding carboxylic acids is 1. The Morgan fingerprint density at radius 3 is 2.52 bits per heavy atom. The quantitative estimate of drug-likeness (QED) is 0.802. The van der Waals surface area contributed by atoms with Gasteiger partial charge < -0.3 is 9.64 Å². The topological polar surface area (TPSA) is 32.8 Å². The van der Waals surface area contributed by atoms with Gasteiger partial charge in [0.05, 0.1) is 25.3 Å². The van der Waals surface area contributed by atoms with Crippen molar-refractivity contribution >= 4 is 11.5 Å². The summed E-state index contributed by atoms with van der Waals surface area (Å²) in [6, 6.07) is 4.56. The highest BCUT2D eigenvalue weighted by molar-refractivity contribution is 5.80. The van der Waals surface area contributed by atoms with Gasteiger partial charge in [0.25, 0.3) is 0 Å². The molecule has 0 spiro atoms. The lowest BCUT2D eigenvalue weighted by atomic mass is 9.92. The number of aryl methyl sites for hydroxylation is 1. The molecule has 0 bridgehead atoms. The van der Waals surface area contributed by atoms with Crippen LogP contribution in [0.25, 0.3) is 5.57 Å². The van der Waals surface area contributed by atoms with Crippen LogP contribution in [0.2, 0.25) is 0 Å². The number of carbonyl (C=O) groups is 1. The van der Waals surface area contributed by atoms with Gasteiger partial charge in [0.1, 0.15) is 0 Å². The first-order chi connectivity index (χ1) is 12.9. The number of benzene rings is 1. The lowest BCUT2D eigenvalue weighted by molar-refractivity contribution is -0.138. The second-order valence-electron chi connectivity index (χ2n) is 6.94. The molecular weight excluding hydrogens is 357 g/mol. The summed E-state index contributed by atoms with van der Waals surface area (Å²) in [5.41, 5.74) is 0.992. The van der Waals surface area contributed by atoms with Crippen molar-refractivity contribution in [1.82, 2.24) is 9.80 Å². The number of alkyl halides is 3. The summed E-state index contributed by atoms with van der Waals surface area (Å²) in [5, 5.41) is 0. The molecular formula is C20H25F3N2O2. The molecule has 148 valence electrons. The number of morpholine rings is 1. The summed E-state index contributed by atoms with van der Waals surface area (Å²) in [7, 11) is 0. The summed E-state index contributed by atoms with van der Waals surface area (Å²) < 4.78 is 45.7. The maximum Gasteiger partial charge on any atom is 0.417 e. The Morgan fingerprint density at radius 1 is 1.19 bits per heavy atom. The van der Waals surface area contributed by atoms with E-state index in [0.29, 0.717) is 56.8 Å². The standard InChI is InChI=1S/C20H25F3N2O2/c1-2-15-3-4-17(18(13-15)20(21,22)23)16-5-7-25(8-6-16)19(26)14-24-9-11-27-12-10-24/h3-5,13H,2,6-12,14H2,1H3. The van der Waals surface area contributed by atoms with E-state index >= 15 is 0 Å². The zero-order chi connectivity index (χ0) is 19.4. The number of halogens is 3. The number of nitrogens with zero attached hydrogens (tertiary/aromatic N) is 2. The van der Waals surface area contributed by atoms with E-state index in [2.05, 4.69) is 4.90 Å². The number of amides is 1. The molecule has 1 amide bonds. The number of rotatable bonds is 4. The molecule has 0 atom stereocenters. The van der Waals surface area contributed by atoms with Crippen molar-refractivity contribution in [3.05, 3.63) is 41.0 Å². The van der Waals surface area contributed by atoms with Crippen LogP contribution in [0.1, 0.15) is 30.0 Å². The van der Waals surface area contributed by atoms with Crippen molar-refractivity contribution in [2.24, 2.45) is 0 Å². The van der Waals surface area contributed by atoms with E-state index in [1.54, 1.807) is 23.1 Å². The van der Waals surface area contributed by atoms with E-state index in [4.69, 9.17) is 4.74 Å². The zero-order valence-corrected chi connectivity index (χ0v) is 15.5. The minimum absolute atomic E-state index is 0.0181. The van der Waals surface area contributed by atoms with E-state index in [0.717, 1.165) is 13.1 Å². The van der Waals surface area contributed by atoms with Crippen molar-refractivity contribution in [3.8, 4) is 0 Å². The minimum Gasteiger partial charge on any atom is -0.379 e. The van der Waals surface area contributed by atoms with Gasteiger partial charge in [-0.05, 0) is 35.6 Å². The third-order valence-electron chi connectivity index (χ3n) is 5.17. The monoisotopic (exact) mass is 382 g/mol. The second kappa shape index (κ2) is 8.44. The average Bonchev–Trinajstić information content (AvgIpc) is 2.67. The van der Waals surface area contributed by atoms with Crippen LogP contribution in [0, 0.1) is 0 Å². The highest BCUT2D eigenvalue weighted by atomic mass is 19.4. The maximum atomic E-state index is 13.5. The molecule has 1 saturated heterocycles. The van der Waals surface area contributed by atoms with Crippen LogP contribution in [0.4, 0.5) is 13.2 Å². The van der Waals surface area contributed by atoms with Crippen molar-refractivity contribution < 1.29 is 22.7 Å². The van der Waals surface area contributed by atoms with Gasteiger partial charge in [0.2, 0.25) is 5.91 Å². The van der Waals surface area contributed by atoms with Crippen molar-refractivity contribution in [1.29, 1.82) is 0 Å². The molecule has 4 nitrogen and oxygen atoms in total. The predicted octanol–water partition coefficient (Wildman–Crippen LogP) is 3.22. The summed E-state index contributed by atoms with van der Waals surface area (Å²) in [6.45, 7) is 5.71. The van der Waals surface area contributed by atoms with Gasteiger partial charge in [-0.1, -0.05) is 25.1 Å². The van der Waals surface area contributed by atoms with Crippen LogP contribution in [-0.4, -0.2) is 61.6 Å². The van der Waals surface area contributed by atoms with Crippen LogP contribution in [0.15, 0.2) is 24.3 Å². The first-order valence-electron chi connectivity index (χ1n) is 9.36. The molecule has 1 aromatic carbocycles. The molecule has 0 aromatic heterocycles. The molecule has 1 fully saturated rings. The molecule has 7 heteroatoms. The van der Waals surface area contributed by atoms with Crippen LogP contribution >= 0.6 is 0 Å². The third kappa shape index (κ3) is 4.90. The molecule has 0 unspecified atom stereocenters. The maximum absolute atomic E-state index is 13.5. The smallest absolute Gasteiger partial charge is 0.379 e. The SMILES string of the molecule is CCc1ccc(C2=CCN(C(=O)CN3CCOCC3)CC2)c(C(F)(F)F)c1. The van der Waals surface area contributed by atoms with E-state index < -0.39 is 11.7 Å². The summed E-state index contributed by atoms with van der Waals surface area (Å²) in [6.07, 6.45) is -1.63. The molecule has 0 aliphatic carbocycles. The first-order valence-corrected chi connectivity index (χ1v) is 9.36. The summed E-state index contributed by atoms with van der Waals surface area (Å²) in [5.74, 6) is 0.0181. The van der Waals surface area contributed by atoms with E-state index in [1.165, 1.54) is 6.07 Å². The average molecular weight is 382 g/mol. The van der Waals surface area contributed by atoms with Gasteiger partial charge in [-0.15, -0.1) is 0 Å². The fourth-order valence-corrected chi connectivity index (χ4v) is 3.52. The fraction of sp³-hybridized carbons (Fsp3) is 0.550. The van der Waals surface area contributed by atoms with Gasteiger partial charge >= 0.3 is 6.18 Å². The van der Waals surface area contributed by atoms with E-state index in [1.807, 2.05) is 6.92 Å². The highest BCUT2D eigenvalue weighted by Gasteiger charge is 2.34. The fourth-order valence-electron chi connectivity index (χ4n) is 3.52. The number of hydrogen-bond donors (Lipinski definition) is 0. The van der Waals surface area contributed by atoms with E-state index in [-0.39, 0.29) is 11.5 Å². The highest BCUT2D eigenvalue weighted by Crippen LogP contribution is 2.37. The molecule has 0 N–H and O–H groups in total. The normalized spacial score (nSPS) is 19.1. The van der Waals surface area contributed by atoms with Gasteiger partial charge in [-0.25, -0.2) is 0 Å². The lowest BCUT2D eigenvalue weighted by Crippen LogP contribution is -2.45. The molecule has 2 heterocycles. The van der Waals surface area contributed by atoms with Gasteiger partial charge in [-0.2, -0.15) is 13.2 Å². The Kier molecular flexibility index (Phi) is 6.22. The van der Waals surface area contributed by atoms with Crippen LogP contribution in [-0.2, 0) is 22.1 Å². The van der Waals surface area contributed by atoms with Crippen LogP contribution in [0.3, 0.4) is 0 Å². The number of ether oxygens (including phenoxy) is 1. The Labute approximate surface area is 157 Å². The third-order valence-corrected chi connectivity index (χ3v) is 5.17.